The quantitative estimate of drug-likeness (QED) is 0.596. The number of thioether (sulfide) groups is 1. The Kier molecular flexibility index (Phi) is 4.12. The van der Waals surface area contributed by atoms with Crippen LogP contribution in [0.15, 0.2) is 0 Å². The van der Waals surface area contributed by atoms with Gasteiger partial charge in [0.15, 0.2) is 0 Å². The fraction of sp³-hybridized carbons (Fsp3) is 1.00. The van der Waals surface area contributed by atoms with Gasteiger partial charge in [-0.25, -0.2) is 0 Å². The van der Waals surface area contributed by atoms with Crippen molar-refractivity contribution in [2.24, 2.45) is 0 Å². The number of ether oxygens (including phenoxy) is 1. The molecule has 1 N–H and O–H groups in total. The van der Waals surface area contributed by atoms with Crippen LogP contribution < -0.4 is 0 Å². The van der Waals surface area contributed by atoms with Crippen molar-refractivity contribution in [3.05, 3.63) is 0 Å². The third-order valence-electron chi connectivity index (χ3n) is 0.421. The first-order valence-corrected chi connectivity index (χ1v) is 3.10. The summed E-state index contributed by atoms with van der Waals surface area (Å²) in [5, 5.41) is 8.29. The van der Waals surface area contributed by atoms with Crippen molar-refractivity contribution in [2.75, 3.05) is 6.26 Å². The summed E-state index contributed by atoms with van der Waals surface area (Å²) < 4.78 is 25.7. The van der Waals surface area contributed by atoms with Gasteiger partial charge >= 0.3 is 6.61 Å². The summed E-state index contributed by atoms with van der Waals surface area (Å²) in [5.41, 5.74) is -1.41. The molecule has 2 nitrogen and oxygen atoms in total. The molecule has 1 atom stereocenters. The lowest BCUT2D eigenvalue weighted by Crippen LogP contribution is -2.10. The molecule has 0 radical (unpaired) electrons. The van der Waals surface area contributed by atoms with Crippen LogP contribution in [0.25, 0.3) is 0 Å². The van der Waals surface area contributed by atoms with Gasteiger partial charge in [-0.1, -0.05) is 0 Å². The largest absolute Gasteiger partial charge is 0.359 e. The van der Waals surface area contributed by atoms with Crippen molar-refractivity contribution < 1.29 is 18.6 Å². The second kappa shape index (κ2) is 4.05. The van der Waals surface area contributed by atoms with Gasteiger partial charge in [0.25, 0.3) is 0 Å². The zero-order valence-corrected chi connectivity index (χ0v) is 4.99. The highest BCUT2D eigenvalue weighted by molar-refractivity contribution is 7.98. The maximum Gasteiger partial charge on any atom is 0.348 e. The van der Waals surface area contributed by atoms with E-state index in [2.05, 4.69) is 4.74 Å². The van der Waals surface area contributed by atoms with Gasteiger partial charge in [-0.3, -0.25) is 4.74 Å². The van der Waals surface area contributed by atoms with Crippen molar-refractivity contribution in [2.45, 2.75) is 12.2 Å². The third-order valence-corrected chi connectivity index (χ3v) is 0.935. The van der Waals surface area contributed by atoms with E-state index in [0.29, 0.717) is 0 Å². The van der Waals surface area contributed by atoms with Crippen molar-refractivity contribution in [3.8, 4) is 0 Å². The molecule has 0 aliphatic rings. The first kappa shape index (κ1) is 8.13. The van der Waals surface area contributed by atoms with Gasteiger partial charge in [0.1, 0.15) is 0 Å². The molecule has 0 saturated carbocycles. The molecule has 50 valence electrons. The molecular formula is C3H6F2O2S. The van der Waals surface area contributed by atoms with Gasteiger partial charge in [0.2, 0.25) is 5.62 Å². The Hall–Kier alpha value is 0.130. The predicted molar refractivity (Wildman–Crippen MR) is 26.6 cm³/mol. The molecule has 0 amide bonds. The van der Waals surface area contributed by atoms with E-state index in [9.17, 15) is 8.78 Å². The van der Waals surface area contributed by atoms with Crippen LogP contribution in [0.3, 0.4) is 0 Å². The van der Waals surface area contributed by atoms with Crippen LogP contribution in [-0.4, -0.2) is 23.6 Å². The van der Waals surface area contributed by atoms with Crippen LogP contribution in [0.4, 0.5) is 8.78 Å². The molecule has 1 unspecified atom stereocenters. The SMILES string of the molecule is CSC(O)OC(F)F. The molecule has 0 bridgehead atoms. The van der Waals surface area contributed by atoms with E-state index in [1.54, 1.807) is 0 Å². The number of alkyl halides is 2. The second-order valence-electron chi connectivity index (χ2n) is 0.939. The van der Waals surface area contributed by atoms with E-state index in [1.807, 2.05) is 0 Å². The third kappa shape index (κ3) is 4.29. The van der Waals surface area contributed by atoms with Crippen molar-refractivity contribution in [1.82, 2.24) is 0 Å². The highest BCUT2D eigenvalue weighted by Crippen LogP contribution is 2.07. The fourth-order valence-corrected chi connectivity index (χ4v) is 0.339. The first-order valence-electron chi connectivity index (χ1n) is 1.81. The molecule has 5 heteroatoms. The van der Waals surface area contributed by atoms with Gasteiger partial charge in [-0.15, -0.1) is 11.8 Å². The number of aliphatic hydroxyl groups excluding tert-OH is 1. The van der Waals surface area contributed by atoms with Crippen LogP contribution in [-0.2, 0) is 4.74 Å². The van der Waals surface area contributed by atoms with Gasteiger partial charge in [0.05, 0.1) is 0 Å². The molecular weight excluding hydrogens is 138 g/mol. The van der Waals surface area contributed by atoms with Crippen LogP contribution in [0.2, 0.25) is 0 Å². The van der Waals surface area contributed by atoms with Crippen LogP contribution in [0.5, 0.6) is 0 Å². The highest BCUT2D eigenvalue weighted by Gasteiger charge is 2.08. The van der Waals surface area contributed by atoms with E-state index >= 15 is 0 Å². The average molecular weight is 144 g/mol. The molecule has 0 aliphatic heterocycles. The lowest BCUT2D eigenvalue weighted by molar-refractivity contribution is -0.190. The monoisotopic (exact) mass is 144 g/mol. The Bertz CT molecular complexity index is 61.2. The van der Waals surface area contributed by atoms with E-state index < -0.39 is 12.2 Å². The van der Waals surface area contributed by atoms with E-state index in [4.69, 9.17) is 5.11 Å². The Labute approximate surface area is 49.8 Å². The normalized spacial score (nSPS) is 14.6. The van der Waals surface area contributed by atoms with Gasteiger partial charge < -0.3 is 5.11 Å². The average Bonchev–Trinajstić information content (AvgIpc) is 1.65. The zero-order valence-electron chi connectivity index (χ0n) is 4.17. The van der Waals surface area contributed by atoms with E-state index in [0.717, 1.165) is 11.8 Å². The van der Waals surface area contributed by atoms with Crippen LogP contribution in [0.1, 0.15) is 0 Å². The molecule has 0 fully saturated rings. The minimum absolute atomic E-state index is 0.806. The molecule has 0 aromatic rings. The molecule has 0 spiro atoms. The molecule has 0 rings (SSSR count). The standard InChI is InChI=1S/C3H6F2O2S/c1-8-3(6)7-2(4)5/h2-3,6H,1H3. The smallest absolute Gasteiger partial charge is 0.348 e. The Morgan fingerprint density at radius 3 is 2.25 bits per heavy atom. The van der Waals surface area contributed by atoms with Crippen LogP contribution in [0, 0.1) is 0 Å². The van der Waals surface area contributed by atoms with E-state index in [1.165, 1.54) is 6.26 Å². The Morgan fingerprint density at radius 1 is 1.62 bits per heavy atom. The maximum absolute atomic E-state index is 11.1. The van der Waals surface area contributed by atoms with Crippen molar-refractivity contribution in [1.29, 1.82) is 0 Å². The minimum Gasteiger partial charge on any atom is -0.359 e. The number of hydrogen-bond acceptors (Lipinski definition) is 3. The highest BCUT2D eigenvalue weighted by atomic mass is 32.2. The minimum atomic E-state index is -2.89. The van der Waals surface area contributed by atoms with Gasteiger partial charge in [0, 0.05) is 0 Å². The Morgan fingerprint density at radius 2 is 2.12 bits per heavy atom. The lowest BCUT2D eigenvalue weighted by Gasteiger charge is -2.05. The summed E-state index contributed by atoms with van der Waals surface area (Å²) >= 11 is 0.806. The van der Waals surface area contributed by atoms with Gasteiger partial charge in [-0.2, -0.15) is 8.78 Å². The maximum atomic E-state index is 11.1. The molecule has 8 heavy (non-hydrogen) atoms. The fourth-order valence-electron chi connectivity index (χ4n) is 0.144. The Balaban J connectivity index is 3.10. The predicted octanol–water partition coefficient (Wildman–Crippen LogP) is 0.864. The van der Waals surface area contributed by atoms with Crippen LogP contribution >= 0.6 is 11.8 Å². The van der Waals surface area contributed by atoms with Crippen molar-refractivity contribution in [3.63, 3.8) is 0 Å². The molecule has 0 aliphatic carbocycles. The lowest BCUT2D eigenvalue weighted by atomic mass is 11.3. The topological polar surface area (TPSA) is 29.5 Å². The number of aliphatic hydroxyl groups is 1. The van der Waals surface area contributed by atoms with Gasteiger partial charge in [-0.05, 0) is 6.26 Å². The summed E-state index contributed by atoms with van der Waals surface area (Å²) in [6, 6.07) is 0. The second-order valence-corrected chi connectivity index (χ2v) is 1.81. The number of halogens is 2. The molecule has 0 heterocycles. The number of rotatable bonds is 3. The first-order chi connectivity index (χ1) is 3.66. The summed E-state index contributed by atoms with van der Waals surface area (Å²) in [7, 11) is 0. The zero-order chi connectivity index (χ0) is 6.57. The summed E-state index contributed by atoms with van der Waals surface area (Å²) in [6.07, 6.45) is 1.47. The molecule has 0 saturated heterocycles. The number of hydrogen-bond donors (Lipinski definition) is 1. The summed E-state index contributed by atoms with van der Waals surface area (Å²) in [5.74, 6) is 0. The summed E-state index contributed by atoms with van der Waals surface area (Å²) in [6.45, 7) is -2.89. The van der Waals surface area contributed by atoms with Crippen molar-refractivity contribution >= 4 is 11.8 Å². The van der Waals surface area contributed by atoms with E-state index in [-0.39, 0.29) is 0 Å². The molecule has 0 aromatic heterocycles. The molecule has 0 aromatic carbocycles. The summed E-state index contributed by atoms with van der Waals surface area (Å²) in [4.78, 5) is 0.